The van der Waals surface area contributed by atoms with Crippen molar-refractivity contribution >= 4 is 29.4 Å². The van der Waals surface area contributed by atoms with Gasteiger partial charge in [0.2, 0.25) is 11.8 Å². The summed E-state index contributed by atoms with van der Waals surface area (Å²) < 4.78 is 20.2. The van der Waals surface area contributed by atoms with Crippen LogP contribution in [-0.4, -0.2) is 52.4 Å². The van der Waals surface area contributed by atoms with Crippen molar-refractivity contribution in [3.8, 4) is 5.75 Å². The fourth-order valence-electron chi connectivity index (χ4n) is 6.81. The number of carbonyl (C=O) groups excluding carboxylic acids is 2. The van der Waals surface area contributed by atoms with Crippen LogP contribution in [0.5, 0.6) is 5.75 Å². The zero-order valence-electron chi connectivity index (χ0n) is 23.5. The van der Waals surface area contributed by atoms with Gasteiger partial charge in [-0.05, 0) is 78.5 Å². The topological polar surface area (TPSA) is 87.2 Å². The van der Waals surface area contributed by atoms with E-state index in [1.54, 1.807) is 12.1 Å². The van der Waals surface area contributed by atoms with E-state index in [2.05, 4.69) is 17.9 Å². The summed E-state index contributed by atoms with van der Waals surface area (Å²) in [5.41, 5.74) is 4.11. The van der Waals surface area contributed by atoms with Crippen LogP contribution in [0, 0.1) is 17.7 Å². The number of rotatable bonds is 11. The lowest BCUT2D eigenvalue weighted by atomic mass is 9.78. The molecule has 3 unspecified atom stereocenters. The Morgan fingerprint density at radius 2 is 1.85 bits per heavy atom. The van der Waals surface area contributed by atoms with E-state index in [4.69, 9.17) is 16.3 Å². The molecule has 220 valence electrons. The molecule has 0 aromatic heterocycles. The second-order valence-corrected chi connectivity index (χ2v) is 11.9. The Kier molecular flexibility index (Phi) is 9.29. The van der Waals surface area contributed by atoms with Crippen LogP contribution in [0.3, 0.4) is 0 Å². The molecule has 1 aliphatic heterocycles. The molecule has 2 fully saturated rings. The molecule has 0 spiro atoms. The molecule has 0 bridgehead atoms. The first-order valence-electron chi connectivity index (χ1n) is 14.8. The molecular weight excluding hydrogens is 547 g/mol. The zero-order valence-corrected chi connectivity index (χ0v) is 24.3. The van der Waals surface area contributed by atoms with Gasteiger partial charge in [0.25, 0.3) is 0 Å². The van der Waals surface area contributed by atoms with Crippen LogP contribution >= 0.6 is 11.6 Å². The third-order valence-corrected chi connectivity index (χ3v) is 9.27. The Labute approximate surface area is 245 Å². The highest BCUT2D eigenvalue weighted by Gasteiger charge is 2.36. The number of hydrogen-bond donors (Lipinski definition) is 1. The van der Waals surface area contributed by atoms with E-state index in [1.165, 1.54) is 4.90 Å². The number of benzene rings is 2. The molecule has 1 saturated heterocycles. The van der Waals surface area contributed by atoms with Crippen molar-refractivity contribution in [3.63, 3.8) is 0 Å². The van der Waals surface area contributed by atoms with Crippen molar-refractivity contribution in [1.29, 1.82) is 0 Å². The monoisotopic (exact) mass is 584 g/mol. The van der Waals surface area contributed by atoms with Crippen LogP contribution in [0.2, 0.25) is 5.02 Å². The van der Waals surface area contributed by atoms with Gasteiger partial charge in [-0.2, -0.15) is 0 Å². The molecular formula is C32H38ClFN2O5. The minimum absolute atomic E-state index is 0.0241. The number of imide groups is 1. The number of ether oxygens (including phenoxy) is 1. The number of nitrogens with zero attached hydrogens (tertiary/aromatic N) is 2. The lowest BCUT2D eigenvalue weighted by molar-refractivity contribution is -0.145. The number of halogens is 2. The average molecular weight is 585 g/mol. The number of hydrogen-bond acceptors (Lipinski definition) is 5. The predicted octanol–water partition coefficient (Wildman–Crippen LogP) is 5.95. The fourth-order valence-corrected chi connectivity index (χ4v) is 6.99. The van der Waals surface area contributed by atoms with Crippen LogP contribution in [-0.2, 0) is 33.8 Å². The van der Waals surface area contributed by atoms with Crippen molar-refractivity contribution in [3.05, 3.63) is 63.4 Å². The molecule has 2 aromatic carbocycles. The summed E-state index contributed by atoms with van der Waals surface area (Å²) >= 11 is 6.21. The summed E-state index contributed by atoms with van der Waals surface area (Å²) in [6.07, 6.45) is 6.42. The van der Waals surface area contributed by atoms with Gasteiger partial charge in [-0.1, -0.05) is 43.5 Å². The first-order valence-corrected chi connectivity index (χ1v) is 15.2. The number of carboxylic acids is 1. The Balaban J connectivity index is 1.35. The standard InChI is InChI=1S/C32H38ClFN2O5/c1-2-21-15-20(7-10-29(21)41-14-13-36-30(37)11-12-31(36)38)18-35(19-23-5-3-4-6-24(23)32(39)40)28-9-8-22-16-27(34)26(33)17-25(22)28/h7,10,15-17,23-24,28H,2-6,8-9,11-14,18-19H2,1H3,(H,39,40). The van der Waals surface area contributed by atoms with Crippen molar-refractivity contribution in [2.75, 3.05) is 19.7 Å². The van der Waals surface area contributed by atoms with E-state index in [1.807, 2.05) is 12.1 Å². The molecule has 1 heterocycles. The maximum absolute atomic E-state index is 14.2. The molecule has 3 aliphatic rings. The van der Waals surface area contributed by atoms with Crippen LogP contribution in [0.15, 0.2) is 30.3 Å². The van der Waals surface area contributed by atoms with Crippen LogP contribution in [0.1, 0.15) is 80.2 Å². The fraction of sp³-hybridized carbons (Fsp3) is 0.531. The third kappa shape index (κ3) is 6.59. The van der Waals surface area contributed by atoms with Crippen molar-refractivity contribution in [2.45, 2.75) is 77.3 Å². The second-order valence-electron chi connectivity index (χ2n) is 11.5. The smallest absolute Gasteiger partial charge is 0.306 e. The maximum Gasteiger partial charge on any atom is 0.306 e. The number of likely N-dealkylation sites (tertiary alicyclic amines) is 1. The van der Waals surface area contributed by atoms with E-state index in [9.17, 15) is 23.9 Å². The lowest BCUT2D eigenvalue weighted by Crippen LogP contribution is -2.38. The molecule has 5 rings (SSSR count). The number of fused-ring (bicyclic) bond motifs is 1. The number of carbonyl (C=O) groups is 3. The second kappa shape index (κ2) is 12.9. The van der Waals surface area contributed by atoms with Crippen molar-refractivity contribution < 1.29 is 28.6 Å². The Morgan fingerprint density at radius 1 is 1.10 bits per heavy atom. The SMILES string of the molecule is CCc1cc(CN(CC2CCCCC2C(=O)O)C2CCc3cc(F)c(Cl)cc32)ccc1OCCN1C(=O)CCC1=O. The van der Waals surface area contributed by atoms with Gasteiger partial charge < -0.3 is 9.84 Å². The molecule has 41 heavy (non-hydrogen) atoms. The van der Waals surface area contributed by atoms with Crippen LogP contribution in [0.4, 0.5) is 4.39 Å². The van der Waals surface area contributed by atoms with Gasteiger partial charge in [-0.15, -0.1) is 0 Å². The summed E-state index contributed by atoms with van der Waals surface area (Å²) in [5.74, 6) is -1.01. The van der Waals surface area contributed by atoms with E-state index < -0.39 is 11.8 Å². The highest BCUT2D eigenvalue weighted by Crippen LogP contribution is 2.41. The first kappa shape index (κ1) is 29.5. The summed E-state index contributed by atoms with van der Waals surface area (Å²) in [4.78, 5) is 39.5. The van der Waals surface area contributed by atoms with Gasteiger partial charge >= 0.3 is 5.97 Å². The van der Waals surface area contributed by atoms with Gasteiger partial charge in [0.1, 0.15) is 18.2 Å². The van der Waals surface area contributed by atoms with Gasteiger partial charge in [0.05, 0.1) is 17.5 Å². The lowest BCUT2D eigenvalue weighted by Gasteiger charge is -2.37. The van der Waals surface area contributed by atoms with Crippen molar-refractivity contribution in [2.24, 2.45) is 11.8 Å². The molecule has 1 N–H and O–H groups in total. The van der Waals surface area contributed by atoms with Gasteiger partial charge in [0, 0.05) is 32.0 Å². The van der Waals surface area contributed by atoms with Gasteiger partial charge in [-0.25, -0.2) is 4.39 Å². The summed E-state index contributed by atoms with van der Waals surface area (Å²) in [7, 11) is 0. The Bertz CT molecular complexity index is 1300. The van der Waals surface area contributed by atoms with E-state index in [-0.39, 0.29) is 60.7 Å². The first-order chi connectivity index (χ1) is 19.7. The Morgan fingerprint density at radius 3 is 2.59 bits per heavy atom. The van der Waals surface area contributed by atoms with Gasteiger partial charge in [-0.3, -0.25) is 24.2 Å². The van der Waals surface area contributed by atoms with Gasteiger partial charge in [0.15, 0.2) is 0 Å². The third-order valence-electron chi connectivity index (χ3n) is 8.98. The molecule has 1 saturated carbocycles. The van der Waals surface area contributed by atoms with Crippen molar-refractivity contribution in [1.82, 2.24) is 9.80 Å². The van der Waals surface area contributed by atoms with Crippen LogP contribution in [0.25, 0.3) is 0 Å². The van der Waals surface area contributed by atoms with E-state index >= 15 is 0 Å². The number of amides is 2. The summed E-state index contributed by atoms with van der Waals surface area (Å²) in [6.45, 7) is 3.80. The van der Waals surface area contributed by atoms with E-state index in [0.29, 0.717) is 19.5 Å². The average Bonchev–Trinajstić information content (AvgIpc) is 3.51. The number of aryl methyl sites for hydroxylation is 2. The number of aliphatic carboxylic acids is 1. The normalized spacial score (nSPS) is 22.4. The summed E-state index contributed by atoms with van der Waals surface area (Å²) in [6, 6.07) is 9.40. The summed E-state index contributed by atoms with van der Waals surface area (Å²) in [5, 5.41) is 10.1. The molecule has 3 atom stereocenters. The number of carboxylic acid groups (broad SMARTS) is 1. The zero-order chi connectivity index (χ0) is 29.1. The molecule has 7 nitrogen and oxygen atoms in total. The highest BCUT2D eigenvalue weighted by molar-refractivity contribution is 6.30. The van der Waals surface area contributed by atoms with Crippen LogP contribution < -0.4 is 4.74 Å². The molecule has 2 amide bonds. The highest BCUT2D eigenvalue weighted by atomic mass is 35.5. The van der Waals surface area contributed by atoms with E-state index in [0.717, 1.165) is 66.5 Å². The minimum atomic E-state index is -0.723. The Hall–Kier alpha value is -2.97. The molecule has 9 heteroatoms. The maximum atomic E-state index is 14.2. The minimum Gasteiger partial charge on any atom is -0.491 e. The molecule has 0 radical (unpaired) electrons. The largest absolute Gasteiger partial charge is 0.491 e. The molecule has 2 aromatic rings. The quantitative estimate of drug-likeness (QED) is 0.329. The molecule has 2 aliphatic carbocycles. The predicted molar refractivity (Wildman–Crippen MR) is 153 cm³/mol.